The summed E-state index contributed by atoms with van der Waals surface area (Å²) in [5, 5.41) is 11.6. The van der Waals surface area contributed by atoms with Gasteiger partial charge in [-0.3, -0.25) is 9.59 Å². The molecule has 1 saturated heterocycles. The normalized spacial score (nSPS) is 13.3. The van der Waals surface area contributed by atoms with Gasteiger partial charge in [-0.2, -0.15) is 0 Å². The molecule has 0 unspecified atom stereocenters. The van der Waals surface area contributed by atoms with Crippen molar-refractivity contribution >= 4 is 23.2 Å². The number of ether oxygens (including phenoxy) is 2. The van der Waals surface area contributed by atoms with Gasteiger partial charge in [0.1, 0.15) is 0 Å². The fourth-order valence-corrected chi connectivity index (χ4v) is 3.84. The molecule has 1 N–H and O–H groups in total. The summed E-state index contributed by atoms with van der Waals surface area (Å²) < 4.78 is 10.8. The van der Waals surface area contributed by atoms with Crippen molar-refractivity contribution in [1.29, 1.82) is 0 Å². The number of hydrogen-bond acceptors (Lipinski definition) is 7. The smallest absolute Gasteiger partial charge is 0.262 e. The standard InChI is InChI=1S/C26H28N4O4/c1-18(31)20-8-12-23(24(16-20)33-2)34-17-26(32)27-21-9-6-19(7-10-21)22-11-13-25(29-28-22)30-14-4-3-5-15-30/h6-13,16H,3-5,14-15,17H2,1-2H3,(H,27,32). The van der Waals surface area contributed by atoms with E-state index in [1.807, 2.05) is 36.4 Å². The first-order valence-corrected chi connectivity index (χ1v) is 11.3. The Hall–Kier alpha value is -3.94. The average molecular weight is 461 g/mol. The SMILES string of the molecule is COc1cc(C(C)=O)ccc1OCC(=O)Nc1ccc(-c2ccc(N3CCCCC3)nn2)cc1. The zero-order chi connectivity index (χ0) is 23.9. The number of amides is 1. The Labute approximate surface area is 198 Å². The number of methoxy groups -OCH3 is 1. The molecule has 1 aliphatic heterocycles. The maximum absolute atomic E-state index is 12.3. The second-order valence-electron chi connectivity index (χ2n) is 8.16. The highest BCUT2D eigenvalue weighted by atomic mass is 16.5. The summed E-state index contributed by atoms with van der Waals surface area (Å²) in [6.45, 7) is 3.34. The number of ketones is 1. The van der Waals surface area contributed by atoms with Crippen LogP contribution >= 0.6 is 0 Å². The molecule has 0 radical (unpaired) electrons. The molecule has 1 aliphatic rings. The lowest BCUT2D eigenvalue weighted by molar-refractivity contribution is -0.118. The van der Waals surface area contributed by atoms with Crippen LogP contribution in [0, 0.1) is 0 Å². The molecule has 1 amide bonds. The van der Waals surface area contributed by atoms with Crippen molar-refractivity contribution < 1.29 is 19.1 Å². The lowest BCUT2D eigenvalue weighted by atomic mass is 10.1. The molecule has 8 nitrogen and oxygen atoms in total. The highest BCUT2D eigenvalue weighted by molar-refractivity contribution is 5.95. The third-order valence-electron chi connectivity index (χ3n) is 5.72. The van der Waals surface area contributed by atoms with Crippen molar-refractivity contribution in [2.45, 2.75) is 26.2 Å². The van der Waals surface area contributed by atoms with Crippen molar-refractivity contribution in [3.63, 3.8) is 0 Å². The molecule has 0 saturated carbocycles. The maximum atomic E-state index is 12.3. The van der Waals surface area contributed by atoms with Gasteiger partial charge in [0.05, 0.1) is 12.8 Å². The van der Waals surface area contributed by atoms with Crippen molar-refractivity contribution in [3.8, 4) is 22.8 Å². The minimum atomic E-state index is -0.309. The average Bonchev–Trinajstić information content (AvgIpc) is 2.88. The molecule has 4 rings (SSSR count). The van der Waals surface area contributed by atoms with E-state index < -0.39 is 0 Å². The van der Waals surface area contributed by atoms with Crippen LogP contribution in [0.25, 0.3) is 11.3 Å². The third-order valence-corrected chi connectivity index (χ3v) is 5.72. The minimum absolute atomic E-state index is 0.0741. The first kappa shape index (κ1) is 23.2. The zero-order valence-corrected chi connectivity index (χ0v) is 19.4. The number of carbonyl (C=O) groups is 2. The number of Topliss-reactive ketones (excluding diaryl/α,β-unsaturated/α-hetero) is 1. The summed E-state index contributed by atoms with van der Waals surface area (Å²) in [5.74, 6) is 1.33. The van der Waals surface area contributed by atoms with Crippen molar-refractivity contribution in [2.24, 2.45) is 0 Å². The van der Waals surface area contributed by atoms with Crippen LogP contribution in [0.15, 0.2) is 54.6 Å². The Morgan fingerprint density at radius 3 is 2.35 bits per heavy atom. The predicted molar refractivity (Wildman–Crippen MR) is 131 cm³/mol. The number of nitrogens with zero attached hydrogens (tertiary/aromatic N) is 3. The van der Waals surface area contributed by atoms with Gasteiger partial charge in [-0.1, -0.05) is 12.1 Å². The molecule has 0 spiro atoms. The van der Waals surface area contributed by atoms with Crippen LogP contribution in [0.3, 0.4) is 0 Å². The molecule has 2 heterocycles. The van der Waals surface area contributed by atoms with E-state index in [0.29, 0.717) is 22.7 Å². The van der Waals surface area contributed by atoms with Gasteiger partial charge < -0.3 is 19.7 Å². The minimum Gasteiger partial charge on any atom is -0.493 e. The van der Waals surface area contributed by atoms with E-state index in [-0.39, 0.29) is 18.3 Å². The summed E-state index contributed by atoms with van der Waals surface area (Å²) in [5.41, 5.74) is 2.86. The van der Waals surface area contributed by atoms with E-state index in [1.165, 1.54) is 33.3 Å². The Kier molecular flexibility index (Phi) is 7.37. The van der Waals surface area contributed by atoms with Crippen LogP contribution < -0.4 is 19.7 Å². The number of piperidine rings is 1. The van der Waals surface area contributed by atoms with E-state index in [1.54, 1.807) is 18.2 Å². The number of nitrogens with one attached hydrogen (secondary N) is 1. The van der Waals surface area contributed by atoms with Gasteiger partial charge in [-0.05, 0) is 68.7 Å². The zero-order valence-electron chi connectivity index (χ0n) is 19.4. The summed E-state index contributed by atoms with van der Waals surface area (Å²) in [6, 6.07) is 16.3. The number of benzene rings is 2. The van der Waals surface area contributed by atoms with E-state index >= 15 is 0 Å². The van der Waals surface area contributed by atoms with Crippen molar-refractivity contribution in [1.82, 2.24) is 10.2 Å². The molecule has 176 valence electrons. The van der Waals surface area contributed by atoms with Gasteiger partial charge in [0, 0.05) is 29.9 Å². The monoisotopic (exact) mass is 460 g/mol. The largest absolute Gasteiger partial charge is 0.493 e. The molecular weight excluding hydrogens is 432 g/mol. The van der Waals surface area contributed by atoms with Crippen LogP contribution in [-0.2, 0) is 4.79 Å². The highest BCUT2D eigenvalue weighted by Crippen LogP contribution is 2.28. The van der Waals surface area contributed by atoms with Gasteiger partial charge in [0.25, 0.3) is 5.91 Å². The quantitative estimate of drug-likeness (QED) is 0.499. The Morgan fingerprint density at radius 2 is 1.71 bits per heavy atom. The Bertz CT molecular complexity index is 1140. The molecule has 1 fully saturated rings. The molecular formula is C26H28N4O4. The fourth-order valence-electron chi connectivity index (χ4n) is 3.84. The van der Waals surface area contributed by atoms with Gasteiger partial charge in [-0.15, -0.1) is 10.2 Å². The molecule has 1 aromatic heterocycles. The third kappa shape index (κ3) is 5.70. The van der Waals surface area contributed by atoms with Crippen LogP contribution in [0.1, 0.15) is 36.5 Å². The maximum Gasteiger partial charge on any atom is 0.262 e. The molecule has 8 heteroatoms. The van der Waals surface area contributed by atoms with E-state index in [4.69, 9.17) is 9.47 Å². The lowest BCUT2D eigenvalue weighted by Gasteiger charge is -2.27. The predicted octanol–water partition coefficient (Wildman–Crippen LogP) is 4.36. The van der Waals surface area contributed by atoms with E-state index in [9.17, 15) is 9.59 Å². The first-order chi connectivity index (χ1) is 16.5. The second kappa shape index (κ2) is 10.8. The van der Waals surface area contributed by atoms with E-state index in [0.717, 1.165) is 30.2 Å². The Balaban J connectivity index is 1.33. The van der Waals surface area contributed by atoms with Crippen molar-refractivity contribution in [2.75, 3.05) is 37.0 Å². The molecule has 0 atom stereocenters. The molecule has 0 bridgehead atoms. The van der Waals surface area contributed by atoms with E-state index in [2.05, 4.69) is 20.4 Å². The first-order valence-electron chi connectivity index (χ1n) is 11.3. The lowest BCUT2D eigenvalue weighted by Crippen LogP contribution is -2.30. The van der Waals surface area contributed by atoms with Crippen molar-refractivity contribution in [3.05, 3.63) is 60.2 Å². The molecule has 34 heavy (non-hydrogen) atoms. The Morgan fingerprint density at radius 1 is 0.941 bits per heavy atom. The van der Waals surface area contributed by atoms with Gasteiger partial charge in [-0.25, -0.2) is 0 Å². The topological polar surface area (TPSA) is 93.6 Å². The summed E-state index contributed by atoms with van der Waals surface area (Å²) in [4.78, 5) is 26.1. The summed E-state index contributed by atoms with van der Waals surface area (Å²) in [7, 11) is 1.49. The van der Waals surface area contributed by atoms with Gasteiger partial charge in [0.2, 0.25) is 0 Å². The number of anilines is 2. The van der Waals surface area contributed by atoms with Gasteiger partial charge >= 0.3 is 0 Å². The fraction of sp³-hybridized carbons (Fsp3) is 0.308. The highest BCUT2D eigenvalue weighted by Gasteiger charge is 2.13. The van der Waals surface area contributed by atoms with Crippen LogP contribution in [0.4, 0.5) is 11.5 Å². The number of hydrogen-bond donors (Lipinski definition) is 1. The number of aromatic nitrogens is 2. The summed E-state index contributed by atoms with van der Waals surface area (Å²) >= 11 is 0. The summed E-state index contributed by atoms with van der Waals surface area (Å²) in [6.07, 6.45) is 3.67. The molecule has 2 aromatic carbocycles. The number of rotatable bonds is 8. The molecule has 0 aliphatic carbocycles. The van der Waals surface area contributed by atoms with Crippen LogP contribution in [-0.4, -0.2) is 48.7 Å². The second-order valence-corrected chi connectivity index (χ2v) is 8.16. The van der Waals surface area contributed by atoms with Crippen LogP contribution in [0.5, 0.6) is 11.5 Å². The number of carbonyl (C=O) groups excluding carboxylic acids is 2. The van der Waals surface area contributed by atoms with Crippen LogP contribution in [0.2, 0.25) is 0 Å². The van der Waals surface area contributed by atoms with Gasteiger partial charge in [0.15, 0.2) is 29.7 Å². The molecule has 3 aromatic rings.